The molecule has 0 radical (unpaired) electrons. The molecule has 1 aromatic carbocycles. The van der Waals surface area contributed by atoms with Crippen LogP contribution in [0, 0.1) is 0 Å². The van der Waals surface area contributed by atoms with E-state index in [0.717, 1.165) is 0 Å². The molecule has 0 unspecified atom stereocenters. The number of nitrogens with zero attached hydrogens (tertiary/aromatic N) is 4. The van der Waals surface area contributed by atoms with E-state index in [1.165, 1.54) is 0 Å². The van der Waals surface area contributed by atoms with Crippen molar-refractivity contribution >= 4 is 0 Å². The van der Waals surface area contributed by atoms with Crippen molar-refractivity contribution < 1.29 is 60.5 Å². The minimum atomic E-state index is -1.53. The second-order valence-corrected chi connectivity index (χ2v) is 5.50. The zero-order valence-electron chi connectivity index (χ0n) is 15.2. The molecule has 2 aromatic heterocycles. The Hall–Kier alpha value is -1.53. The SMILES string of the molecule is COc1ccc(C(O)(c2nccn2C)c2nccn2C)cc1OC.[Cl-].[Cl-].[Pt+2]. The van der Waals surface area contributed by atoms with E-state index in [-0.39, 0.29) is 45.9 Å². The minimum Gasteiger partial charge on any atom is -1.00 e. The Morgan fingerprint density at radius 3 is 1.74 bits per heavy atom. The van der Waals surface area contributed by atoms with Crippen molar-refractivity contribution in [1.29, 1.82) is 0 Å². The van der Waals surface area contributed by atoms with Gasteiger partial charge in [0.15, 0.2) is 23.1 Å². The van der Waals surface area contributed by atoms with E-state index < -0.39 is 5.60 Å². The molecule has 27 heavy (non-hydrogen) atoms. The van der Waals surface area contributed by atoms with Gasteiger partial charge < -0.3 is 48.5 Å². The van der Waals surface area contributed by atoms with E-state index in [0.29, 0.717) is 28.7 Å². The molecule has 10 heteroatoms. The Morgan fingerprint density at radius 1 is 0.889 bits per heavy atom. The number of halogens is 2. The summed E-state index contributed by atoms with van der Waals surface area (Å²) in [5.74, 6) is 2.04. The summed E-state index contributed by atoms with van der Waals surface area (Å²) < 4.78 is 14.2. The van der Waals surface area contributed by atoms with Crippen molar-refractivity contribution in [2.24, 2.45) is 14.1 Å². The van der Waals surface area contributed by atoms with Crippen LogP contribution in [0.5, 0.6) is 11.5 Å². The average molecular weight is 594 g/mol. The summed E-state index contributed by atoms with van der Waals surface area (Å²) in [7, 11) is 6.79. The van der Waals surface area contributed by atoms with Crippen LogP contribution < -0.4 is 34.3 Å². The van der Waals surface area contributed by atoms with Gasteiger partial charge in [-0.15, -0.1) is 0 Å². The van der Waals surface area contributed by atoms with Crippen LogP contribution in [0.4, 0.5) is 0 Å². The van der Waals surface area contributed by atoms with E-state index in [1.54, 1.807) is 66.3 Å². The van der Waals surface area contributed by atoms with E-state index >= 15 is 0 Å². The van der Waals surface area contributed by atoms with Gasteiger partial charge in [-0.25, -0.2) is 9.97 Å². The molecular weight excluding hydrogens is 574 g/mol. The van der Waals surface area contributed by atoms with Gasteiger partial charge in [0.05, 0.1) is 14.2 Å². The third-order valence-corrected chi connectivity index (χ3v) is 4.09. The standard InChI is InChI=1S/C17H20N4O3.2ClH.Pt/c1-20-9-7-18-15(20)17(22,16-19-8-10-21(16)2)12-5-6-13(23-3)14(11-12)24-4;;;/h5-11,22H,1-4H3;2*1H;/q;;;+2/p-2. The van der Waals surface area contributed by atoms with Crippen LogP contribution in [0.25, 0.3) is 0 Å². The Kier molecular flexibility index (Phi) is 9.56. The predicted octanol–water partition coefficient (Wildman–Crippen LogP) is -4.54. The maximum absolute atomic E-state index is 11.7. The number of hydrogen-bond acceptors (Lipinski definition) is 5. The summed E-state index contributed by atoms with van der Waals surface area (Å²) in [6, 6.07) is 5.28. The monoisotopic (exact) mass is 593 g/mol. The number of aromatic nitrogens is 4. The molecular formula is C17H20Cl2N4O3Pt. The van der Waals surface area contributed by atoms with E-state index in [4.69, 9.17) is 9.47 Å². The second-order valence-electron chi connectivity index (χ2n) is 5.50. The summed E-state index contributed by atoms with van der Waals surface area (Å²) in [5, 5.41) is 11.7. The van der Waals surface area contributed by atoms with Gasteiger partial charge in [-0.2, -0.15) is 0 Å². The van der Waals surface area contributed by atoms with Gasteiger partial charge in [0.1, 0.15) is 0 Å². The van der Waals surface area contributed by atoms with Crippen molar-refractivity contribution in [3.8, 4) is 11.5 Å². The molecule has 0 amide bonds. The number of aryl methyl sites for hydroxylation is 2. The summed E-state index contributed by atoms with van der Waals surface area (Å²) in [4.78, 5) is 8.69. The summed E-state index contributed by atoms with van der Waals surface area (Å²) >= 11 is 0. The average Bonchev–Trinajstić information content (AvgIpc) is 3.22. The molecule has 2 heterocycles. The first-order valence-electron chi connectivity index (χ1n) is 7.42. The molecule has 7 nitrogen and oxygen atoms in total. The van der Waals surface area contributed by atoms with Crippen LogP contribution in [0.3, 0.4) is 0 Å². The zero-order valence-corrected chi connectivity index (χ0v) is 19.0. The number of hydrogen-bond donors (Lipinski definition) is 1. The Balaban J connectivity index is 0.00000225. The van der Waals surface area contributed by atoms with E-state index in [9.17, 15) is 5.11 Å². The molecule has 0 atom stereocenters. The van der Waals surface area contributed by atoms with Crippen LogP contribution in [0.1, 0.15) is 17.2 Å². The topological polar surface area (TPSA) is 74.3 Å². The molecule has 0 aliphatic rings. The van der Waals surface area contributed by atoms with Gasteiger partial charge in [-0.3, -0.25) is 0 Å². The van der Waals surface area contributed by atoms with Crippen LogP contribution in [-0.2, 0) is 40.8 Å². The van der Waals surface area contributed by atoms with Crippen LogP contribution >= 0.6 is 0 Å². The fraction of sp³-hybridized carbons (Fsp3) is 0.294. The number of methoxy groups -OCH3 is 2. The summed E-state index contributed by atoms with van der Waals surface area (Å²) in [6.07, 6.45) is 6.85. The first-order chi connectivity index (χ1) is 11.5. The molecule has 0 spiro atoms. The molecule has 0 saturated heterocycles. The molecule has 3 aromatic rings. The third-order valence-electron chi connectivity index (χ3n) is 4.09. The van der Waals surface area contributed by atoms with Gasteiger partial charge in [-0.05, 0) is 12.1 Å². The van der Waals surface area contributed by atoms with Crippen molar-refractivity contribution in [1.82, 2.24) is 19.1 Å². The quantitative estimate of drug-likeness (QED) is 0.323. The fourth-order valence-electron chi connectivity index (χ4n) is 2.85. The number of benzene rings is 1. The molecule has 0 fully saturated rings. The molecule has 1 N–H and O–H groups in total. The van der Waals surface area contributed by atoms with Crippen molar-refractivity contribution in [2.45, 2.75) is 5.60 Å². The predicted molar refractivity (Wildman–Crippen MR) is 88.1 cm³/mol. The number of aliphatic hydroxyl groups is 1. The maximum Gasteiger partial charge on any atom is 2.00 e. The zero-order chi connectivity index (χ0) is 17.3. The van der Waals surface area contributed by atoms with Gasteiger partial charge >= 0.3 is 21.1 Å². The van der Waals surface area contributed by atoms with Crippen molar-refractivity contribution in [3.63, 3.8) is 0 Å². The van der Waals surface area contributed by atoms with Gasteiger partial charge in [0.2, 0.25) is 5.60 Å². The molecule has 150 valence electrons. The number of rotatable bonds is 5. The van der Waals surface area contributed by atoms with Crippen LogP contribution in [0.15, 0.2) is 43.0 Å². The summed E-state index contributed by atoms with van der Waals surface area (Å²) in [5.41, 5.74) is -0.945. The Bertz CT molecular complexity index is 829. The molecule has 0 aliphatic carbocycles. The van der Waals surface area contributed by atoms with Gasteiger partial charge in [0, 0.05) is 44.4 Å². The second kappa shape index (κ2) is 10.1. The van der Waals surface area contributed by atoms with Gasteiger partial charge in [0.25, 0.3) is 0 Å². The normalized spacial score (nSPS) is 10.3. The number of ether oxygens (including phenoxy) is 2. The molecule has 3 rings (SSSR count). The minimum absolute atomic E-state index is 0. The van der Waals surface area contributed by atoms with Crippen molar-refractivity contribution in [2.75, 3.05) is 14.2 Å². The third kappa shape index (κ3) is 4.32. The van der Waals surface area contributed by atoms with Crippen LogP contribution in [0.2, 0.25) is 0 Å². The maximum atomic E-state index is 11.7. The Morgan fingerprint density at radius 2 is 1.37 bits per heavy atom. The van der Waals surface area contributed by atoms with E-state index in [2.05, 4.69) is 9.97 Å². The first-order valence-corrected chi connectivity index (χ1v) is 7.42. The number of imidazole rings is 2. The largest absolute Gasteiger partial charge is 2.00 e. The molecule has 0 aliphatic heterocycles. The molecule has 0 bridgehead atoms. The fourth-order valence-corrected chi connectivity index (χ4v) is 2.85. The van der Waals surface area contributed by atoms with E-state index in [1.807, 2.05) is 14.1 Å². The summed E-state index contributed by atoms with van der Waals surface area (Å²) in [6.45, 7) is 0. The first kappa shape index (κ1) is 25.5. The van der Waals surface area contributed by atoms with Crippen LogP contribution in [-0.4, -0.2) is 38.4 Å². The Labute approximate surface area is 184 Å². The molecule has 0 saturated carbocycles. The van der Waals surface area contributed by atoms with Gasteiger partial charge in [-0.1, -0.05) is 6.07 Å². The van der Waals surface area contributed by atoms with Crippen molar-refractivity contribution in [3.05, 3.63) is 60.2 Å². The smallest absolute Gasteiger partial charge is 1.00 e.